The van der Waals surface area contributed by atoms with E-state index in [2.05, 4.69) is 5.32 Å². The molecule has 1 aliphatic heterocycles. The highest BCUT2D eigenvalue weighted by Gasteiger charge is 2.34. The number of furan rings is 1. The van der Waals surface area contributed by atoms with E-state index in [0.29, 0.717) is 13.0 Å². The molecule has 0 bridgehead atoms. The first-order valence-corrected chi connectivity index (χ1v) is 9.61. The molecule has 0 radical (unpaired) electrons. The molecule has 1 saturated heterocycles. The first kappa shape index (κ1) is 19.0. The number of amides is 2. The Kier molecular flexibility index (Phi) is 6.18. The minimum atomic E-state index is -3.11. The molecule has 2 amide bonds. The molecule has 1 aliphatic rings. The summed E-state index contributed by atoms with van der Waals surface area (Å²) in [5, 5.41) is 2.31. The number of nitrogens with zero attached hydrogens (tertiary/aromatic N) is 1. The van der Waals surface area contributed by atoms with Crippen molar-refractivity contribution in [3.63, 3.8) is 0 Å². The smallest absolute Gasteiger partial charge is 0.325 e. The third kappa shape index (κ3) is 5.31. The summed E-state index contributed by atoms with van der Waals surface area (Å²) in [4.78, 5) is 36.8. The van der Waals surface area contributed by atoms with Gasteiger partial charge in [-0.05, 0) is 25.5 Å². The molecule has 1 fully saturated rings. The minimum Gasteiger partial charge on any atom is -0.459 e. The maximum Gasteiger partial charge on any atom is 0.325 e. The number of esters is 1. The largest absolute Gasteiger partial charge is 0.459 e. The molecule has 10 heteroatoms. The summed E-state index contributed by atoms with van der Waals surface area (Å²) in [6.07, 6.45) is 1.71. The molecule has 2 heterocycles. The van der Waals surface area contributed by atoms with Gasteiger partial charge in [-0.2, -0.15) is 0 Å². The predicted molar refractivity (Wildman–Crippen MR) is 86.4 cm³/mol. The molecule has 0 spiro atoms. The van der Waals surface area contributed by atoms with Crippen molar-refractivity contribution in [2.75, 3.05) is 31.2 Å². The fourth-order valence-electron chi connectivity index (χ4n) is 2.58. The molecule has 0 aliphatic carbocycles. The van der Waals surface area contributed by atoms with Crippen molar-refractivity contribution < 1.29 is 32.0 Å². The third-order valence-corrected chi connectivity index (χ3v) is 5.56. The van der Waals surface area contributed by atoms with Crippen molar-refractivity contribution in [3.8, 4) is 0 Å². The number of carbonyl (C=O) groups is 3. The molecule has 0 unspecified atom stereocenters. The molecule has 2 rings (SSSR count). The highest BCUT2D eigenvalue weighted by molar-refractivity contribution is 7.91. The van der Waals surface area contributed by atoms with E-state index in [0.717, 1.165) is 0 Å². The van der Waals surface area contributed by atoms with Gasteiger partial charge in [0, 0.05) is 12.6 Å². The number of rotatable bonds is 7. The van der Waals surface area contributed by atoms with Crippen LogP contribution in [-0.4, -0.2) is 68.3 Å². The predicted octanol–water partition coefficient (Wildman–Crippen LogP) is -0.412. The maximum atomic E-state index is 12.2. The SMILES string of the molecule is CCN(C(=O)COC(=O)CNC(=O)c1ccco1)[C@H]1CCS(=O)(=O)C1. The molecule has 25 heavy (non-hydrogen) atoms. The van der Waals surface area contributed by atoms with Crippen LogP contribution < -0.4 is 5.32 Å². The number of nitrogens with one attached hydrogen (secondary N) is 1. The van der Waals surface area contributed by atoms with Gasteiger partial charge in [-0.1, -0.05) is 0 Å². The average molecular weight is 372 g/mol. The van der Waals surface area contributed by atoms with Gasteiger partial charge in [0.25, 0.3) is 11.8 Å². The van der Waals surface area contributed by atoms with Gasteiger partial charge >= 0.3 is 5.97 Å². The first-order chi connectivity index (χ1) is 11.8. The molecular formula is C15H20N2O7S. The van der Waals surface area contributed by atoms with Crippen molar-refractivity contribution in [3.05, 3.63) is 24.2 Å². The van der Waals surface area contributed by atoms with Crippen LogP contribution in [0.25, 0.3) is 0 Å². The quantitative estimate of drug-likeness (QED) is 0.645. The zero-order valence-corrected chi connectivity index (χ0v) is 14.6. The van der Waals surface area contributed by atoms with Gasteiger partial charge in [-0.15, -0.1) is 0 Å². The summed E-state index contributed by atoms with van der Waals surface area (Å²) in [7, 11) is -3.11. The summed E-state index contributed by atoms with van der Waals surface area (Å²) in [5.41, 5.74) is 0. The van der Waals surface area contributed by atoms with Crippen LogP contribution in [0, 0.1) is 0 Å². The molecule has 0 aromatic carbocycles. The molecular weight excluding hydrogens is 352 g/mol. The molecule has 1 aromatic rings. The lowest BCUT2D eigenvalue weighted by molar-refractivity contribution is -0.151. The third-order valence-electron chi connectivity index (χ3n) is 3.81. The Morgan fingerprint density at radius 2 is 2.16 bits per heavy atom. The number of carbonyl (C=O) groups excluding carboxylic acids is 3. The fraction of sp³-hybridized carbons (Fsp3) is 0.533. The summed E-state index contributed by atoms with van der Waals surface area (Å²) in [5.74, 6) is -1.76. The highest BCUT2D eigenvalue weighted by Crippen LogP contribution is 2.17. The van der Waals surface area contributed by atoms with Crippen molar-refractivity contribution in [1.82, 2.24) is 10.2 Å². The van der Waals surface area contributed by atoms with E-state index in [4.69, 9.17) is 9.15 Å². The molecule has 9 nitrogen and oxygen atoms in total. The van der Waals surface area contributed by atoms with E-state index < -0.39 is 40.8 Å². The van der Waals surface area contributed by atoms with E-state index in [1.807, 2.05) is 0 Å². The molecule has 1 aromatic heterocycles. The molecule has 0 saturated carbocycles. The summed E-state index contributed by atoms with van der Waals surface area (Å²) in [6.45, 7) is 1.15. The summed E-state index contributed by atoms with van der Waals surface area (Å²) >= 11 is 0. The van der Waals surface area contributed by atoms with Crippen molar-refractivity contribution >= 4 is 27.6 Å². The van der Waals surface area contributed by atoms with Crippen LogP contribution >= 0.6 is 0 Å². The molecule has 138 valence electrons. The lowest BCUT2D eigenvalue weighted by atomic mass is 10.2. The van der Waals surface area contributed by atoms with Gasteiger partial charge in [-0.3, -0.25) is 14.4 Å². The Morgan fingerprint density at radius 1 is 1.40 bits per heavy atom. The number of sulfone groups is 1. The number of hydrogen-bond donors (Lipinski definition) is 1. The van der Waals surface area contributed by atoms with Crippen molar-refractivity contribution in [2.45, 2.75) is 19.4 Å². The highest BCUT2D eigenvalue weighted by atomic mass is 32.2. The maximum absolute atomic E-state index is 12.2. The van der Waals surface area contributed by atoms with Crippen LogP contribution in [0.15, 0.2) is 22.8 Å². The Bertz CT molecular complexity index is 727. The van der Waals surface area contributed by atoms with E-state index in [9.17, 15) is 22.8 Å². The van der Waals surface area contributed by atoms with Crippen molar-refractivity contribution in [2.24, 2.45) is 0 Å². The monoisotopic (exact) mass is 372 g/mol. The van der Waals surface area contributed by atoms with E-state index in [-0.39, 0.29) is 23.3 Å². The second-order valence-corrected chi connectivity index (χ2v) is 7.79. The first-order valence-electron chi connectivity index (χ1n) is 7.79. The number of ether oxygens (including phenoxy) is 1. The lowest BCUT2D eigenvalue weighted by Crippen LogP contribution is -2.43. The van der Waals surface area contributed by atoms with E-state index in [1.165, 1.54) is 23.3 Å². The Labute approximate surface area is 145 Å². The van der Waals surface area contributed by atoms with Crippen LogP contribution in [0.3, 0.4) is 0 Å². The number of likely N-dealkylation sites (N-methyl/N-ethyl adjacent to an activating group) is 1. The van der Waals surface area contributed by atoms with Crippen LogP contribution in [-0.2, 0) is 24.2 Å². The molecule has 1 N–H and O–H groups in total. The van der Waals surface area contributed by atoms with Crippen LogP contribution in [0.5, 0.6) is 0 Å². The minimum absolute atomic E-state index is 0.0556. The van der Waals surface area contributed by atoms with Crippen LogP contribution in [0.2, 0.25) is 0 Å². The lowest BCUT2D eigenvalue weighted by Gasteiger charge is -2.26. The van der Waals surface area contributed by atoms with Gasteiger partial charge in [0.05, 0.1) is 17.8 Å². The van der Waals surface area contributed by atoms with E-state index >= 15 is 0 Å². The fourth-order valence-corrected chi connectivity index (χ4v) is 4.31. The summed E-state index contributed by atoms with van der Waals surface area (Å²) in [6, 6.07) is 2.59. The van der Waals surface area contributed by atoms with Gasteiger partial charge in [0.15, 0.2) is 22.2 Å². The van der Waals surface area contributed by atoms with Crippen LogP contribution in [0.1, 0.15) is 23.9 Å². The second-order valence-electron chi connectivity index (χ2n) is 5.56. The normalized spacial score (nSPS) is 18.5. The van der Waals surface area contributed by atoms with Gasteiger partial charge in [0.2, 0.25) is 0 Å². The summed E-state index contributed by atoms with van der Waals surface area (Å²) < 4.78 is 32.8. The Balaban J connectivity index is 1.76. The van der Waals surface area contributed by atoms with Gasteiger partial charge in [-0.25, -0.2) is 8.42 Å². The van der Waals surface area contributed by atoms with Gasteiger partial charge < -0.3 is 19.4 Å². The van der Waals surface area contributed by atoms with Crippen molar-refractivity contribution in [1.29, 1.82) is 0 Å². The topological polar surface area (TPSA) is 123 Å². The average Bonchev–Trinajstić information content (AvgIpc) is 3.21. The van der Waals surface area contributed by atoms with E-state index in [1.54, 1.807) is 6.92 Å². The van der Waals surface area contributed by atoms with Gasteiger partial charge in [0.1, 0.15) is 6.54 Å². The molecule has 1 atom stereocenters. The second kappa shape index (κ2) is 8.15. The standard InChI is InChI=1S/C15H20N2O7S/c1-2-17(11-5-7-25(21,22)10-11)13(18)9-24-14(19)8-16-15(20)12-4-3-6-23-12/h3-4,6,11H,2,5,7-10H2,1H3,(H,16,20)/t11-/m0/s1. The zero-order chi connectivity index (χ0) is 18.4. The number of hydrogen-bond acceptors (Lipinski definition) is 7. The Hall–Kier alpha value is -2.36. The Morgan fingerprint density at radius 3 is 2.72 bits per heavy atom. The van der Waals surface area contributed by atoms with Crippen LogP contribution in [0.4, 0.5) is 0 Å². The zero-order valence-electron chi connectivity index (χ0n) is 13.8.